The van der Waals surface area contributed by atoms with Crippen LogP contribution in [-0.4, -0.2) is 36.1 Å². The van der Waals surface area contributed by atoms with Crippen molar-refractivity contribution in [1.29, 1.82) is 0 Å². The fraction of sp³-hybridized carbons (Fsp3) is 1.00. The van der Waals surface area contributed by atoms with Crippen LogP contribution in [0.3, 0.4) is 0 Å². The quantitative estimate of drug-likeness (QED) is 0.602. The van der Waals surface area contributed by atoms with Gasteiger partial charge < -0.3 is 5.32 Å². The second kappa shape index (κ2) is 8.26. The van der Waals surface area contributed by atoms with Gasteiger partial charge in [0.25, 0.3) is 0 Å². The first-order chi connectivity index (χ1) is 9.33. The number of nitrogens with zero attached hydrogens (tertiary/aromatic N) is 1. The largest absolute Gasteiger partial charge is 0.309 e. The molecule has 0 aliphatic carbocycles. The van der Waals surface area contributed by atoms with Gasteiger partial charge in [-0.15, -0.1) is 0 Å². The minimum atomic E-state index is 0.822. The van der Waals surface area contributed by atoms with Gasteiger partial charge in [-0.2, -0.15) is 0 Å². The number of piperazine rings is 1. The Morgan fingerprint density at radius 2 is 1.47 bits per heavy atom. The summed E-state index contributed by atoms with van der Waals surface area (Å²) < 4.78 is 0. The lowest BCUT2D eigenvalue weighted by Crippen LogP contribution is -2.68. The van der Waals surface area contributed by atoms with E-state index in [-0.39, 0.29) is 0 Å². The minimum Gasteiger partial charge on any atom is -0.309 e. The van der Waals surface area contributed by atoms with Gasteiger partial charge in [0.05, 0.1) is 0 Å². The van der Waals surface area contributed by atoms with Crippen molar-refractivity contribution in [3.05, 3.63) is 0 Å². The van der Waals surface area contributed by atoms with Gasteiger partial charge in [-0.3, -0.25) is 4.90 Å². The molecule has 0 spiro atoms. The van der Waals surface area contributed by atoms with Crippen molar-refractivity contribution in [2.45, 2.75) is 96.2 Å². The molecule has 0 aromatic rings. The summed E-state index contributed by atoms with van der Waals surface area (Å²) in [6.45, 7) is 7.27. The molecule has 3 rings (SSSR count). The number of hydrogen-bond donors (Lipinski definition) is 1. The average molecular weight is 266 g/mol. The number of fused-ring (bicyclic) bond motifs is 2. The zero-order valence-corrected chi connectivity index (χ0v) is 13.2. The van der Waals surface area contributed by atoms with Crippen LogP contribution in [0.15, 0.2) is 0 Å². The number of nitrogens with one attached hydrogen (secondary N) is 1. The van der Waals surface area contributed by atoms with Gasteiger partial charge in [0.2, 0.25) is 0 Å². The van der Waals surface area contributed by atoms with Crippen LogP contribution < -0.4 is 5.32 Å². The molecule has 2 bridgehead atoms. The van der Waals surface area contributed by atoms with E-state index in [0.717, 1.165) is 18.1 Å². The third kappa shape index (κ3) is 4.75. The summed E-state index contributed by atoms with van der Waals surface area (Å²) in [5.41, 5.74) is 0. The standard InChI is InChI=1S/C17H34N2/c1-3-5-7-8-9-11-17(10-6-4-2)19-13-15-12-16(14-19)18-15/h15-18H,3-14H2,1-2H3. The normalized spacial score (nSPS) is 28.1. The molecule has 0 amide bonds. The highest BCUT2D eigenvalue weighted by molar-refractivity contribution is 4.99. The molecule has 3 aliphatic rings. The van der Waals surface area contributed by atoms with Crippen LogP contribution in [0.25, 0.3) is 0 Å². The van der Waals surface area contributed by atoms with E-state index in [4.69, 9.17) is 0 Å². The number of unbranched alkanes of at least 4 members (excludes halogenated alkanes) is 5. The smallest absolute Gasteiger partial charge is 0.0213 e. The van der Waals surface area contributed by atoms with Crippen molar-refractivity contribution in [2.75, 3.05) is 13.1 Å². The molecule has 19 heavy (non-hydrogen) atoms. The third-order valence-corrected chi connectivity index (χ3v) is 5.00. The van der Waals surface area contributed by atoms with E-state index in [9.17, 15) is 0 Å². The monoisotopic (exact) mass is 266 g/mol. The lowest BCUT2D eigenvalue weighted by molar-refractivity contribution is 0.0381. The average Bonchev–Trinajstić information content (AvgIpc) is 2.41. The van der Waals surface area contributed by atoms with Gasteiger partial charge in [0.15, 0.2) is 0 Å². The van der Waals surface area contributed by atoms with Crippen molar-refractivity contribution < 1.29 is 0 Å². The summed E-state index contributed by atoms with van der Waals surface area (Å²) in [6, 6.07) is 2.53. The number of hydrogen-bond acceptors (Lipinski definition) is 2. The molecule has 2 nitrogen and oxygen atoms in total. The van der Waals surface area contributed by atoms with Crippen molar-refractivity contribution >= 4 is 0 Å². The molecular weight excluding hydrogens is 232 g/mol. The van der Waals surface area contributed by atoms with Gasteiger partial charge >= 0.3 is 0 Å². The third-order valence-electron chi connectivity index (χ3n) is 5.00. The molecule has 0 aromatic heterocycles. The number of piperidine rings is 1. The maximum absolute atomic E-state index is 3.66. The Kier molecular flexibility index (Phi) is 6.66. The van der Waals surface area contributed by atoms with Crippen LogP contribution in [0.2, 0.25) is 0 Å². The zero-order chi connectivity index (χ0) is 13.5. The predicted molar refractivity (Wildman–Crippen MR) is 83.6 cm³/mol. The zero-order valence-electron chi connectivity index (χ0n) is 13.2. The second-order valence-electron chi connectivity index (χ2n) is 6.75. The van der Waals surface area contributed by atoms with E-state index in [1.165, 1.54) is 77.3 Å². The highest BCUT2D eigenvalue weighted by Crippen LogP contribution is 2.26. The molecule has 3 heterocycles. The van der Waals surface area contributed by atoms with Crippen LogP contribution in [0.5, 0.6) is 0 Å². The van der Waals surface area contributed by atoms with Crippen molar-refractivity contribution in [3.63, 3.8) is 0 Å². The molecule has 0 saturated carbocycles. The van der Waals surface area contributed by atoms with E-state index in [1.807, 2.05) is 0 Å². The van der Waals surface area contributed by atoms with E-state index in [2.05, 4.69) is 24.1 Å². The van der Waals surface area contributed by atoms with Crippen LogP contribution in [-0.2, 0) is 0 Å². The fourth-order valence-corrected chi connectivity index (χ4v) is 3.78. The van der Waals surface area contributed by atoms with Crippen LogP contribution in [0.1, 0.15) is 78.1 Å². The summed E-state index contributed by atoms with van der Waals surface area (Å²) in [5.74, 6) is 0. The Hall–Kier alpha value is -0.0800. The van der Waals surface area contributed by atoms with Gasteiger partial charge in [-0.05, 0) is 19.3 Å². The summed E-state index contributed by atoms with van der Waals surface area (Å²) in [4.78, 5) is 2.81. The highest BCUT2D eigenvalue weighted by Gasteiger charge is 2.38. The molecule has 3 unspecified atom stereocenters. The van der Waals surface area contributed by atoms with E-state index >= 15 is 0 Å². The first-order valence-corrected chi connectivity index (χ1v) is 8.83. The van der Waals surface area contributed by atoms with Crippen molar-refractivity contribution in [2.24, 2.45) is 0 Å². The van der Waals surface area contributed by atoms with Gasteiger partial charge in [0, 0.05) is 31.2 Å². The van der Waals surface area contributed by atoms with Gasteiger partial charge in [0.1, 0.15) is 0 Å². The van der Waals surface area contributed by atoms with Gasteiger partial charge in [-0.1, -0.05) is 58.8 Å². The second-order valence-corrected chi connectivity index (χ2v) is 6.75. The Bertz CT molecular complexity index is 225. The Labute approximate surface area is 120 Å². The maximum atomic E-state index is 3.66. The van der Waals surface area contributed by atoms with E-state index in [0.29, 0.717) is 0 Å². The lowest BCUT2D eigenvalue weighted by atomic mass is 9.88. The minimum absolute atomic E-state index is 0.822. The summed E-state index contributed by atoms with van der Waals surface area (Å²) in [7, 11) is 0. The topological polar surface area (TPSA) is 15.3 Å². The first kappa shape index (κ1) is 15.3. The molecule has 1 N–H and O–H groups in total. The van der Waals surface area contributed by atoms with Gasteiger partial charge in [-0.25, -0.2) is 0 Å². The van der Waals surface area contributed by atoms with E-state index < -0.39 is 0 Å². The molecule has 3 fully saturated rings. The summed E-state index contributed by atoms with van der Waals surface area (Å²) >= 11 is 0. The Balaban J connectivity index is 1.68. The summed E-state index contributed by atoms with van der Waals surface area (Å²) in [6.07, 6.45) is 14.2. The van der Waals surface area contributed by atoms with Crippen molar-refractivity contribution in [3.8, 4) is 0 Å². The molecule has 0 aromatic carbocycles. The summed E-state index contributed by atoms with van der Waals surface area (Å²) in [5, 5.41) is 3.66. The molecule has 0 radical (unpaired) electrons. The molecule has 3 atom stereocenters. The molecule has 3 aliphatic heterocycles. The van der Waals surface area contributed by atoms with Crippen molar-refractivity contribution in [1.82, 2.24) is 10.2 Å². The van der Waals surface area contributed by atoms with Crippen LogP contribution in [0.4, 0.5) is 0 Å². The van der Waals surface area contributed by atoms with Crippen LogP contribution >= 0.6 is 0 Å². The fourth-order valence-electron chi connectivity index (χ4n) is 3.78. The highest BCUT2D eigenvalue weighted by atomic mass is 15.3. The molecule has 112 valence electrons. The molecule has 3 saturated heterocycles. The SMILES string of the molecule is CCCCCCCC(CCCC)N1CC2CC(C1)N2. The Morgan fingerprint density at radius 1 is 0.895 bits per heavy atom. The predicted octanol–water partition coefficient (Wildman–Crippen LogP) is 3.95. The van der Waals surface area contributed by atoms with Crippen LogP contribution in [0, 0.1) is 0 Å². The van der Waals surface area contributed by atoms with E-state index in [1.54, 1.807) is 0 Å². The molecular formula is C17H34N2. The number of rotatable bonds is 10. The maximum Gasteiger partial charge on any atom is 0.0213 e. The molecule has 2 heteroatoms. The lowest BCUT2D eigenvalue weighted by Gasteiger charge is -2.51. The first-order valence-electron chi connectivity index (χ1n) is 8.83. The Morgan fingerprint density at radius 3 is 2.11 bits per heavy atom.